The molecular weight excluding hydrogens is 362 g/mol. The minimum atomic E-state index is -3.50. The van der Waals surface area contributed by atoms with E-state index in [1.54, 1.807) is 18.3 Å². The number of aromatic nitrogens is 1. The topological polar surface area (TPSA) is 79.4 Å². The normalized spacial score (nSPS) is 16.2. The molecule has 0 bridgehead atoms. The average molecular weight is 388 g/mol. The number of sulfonamides is 1. The molecule has 144 valence electrons. The van der Waals surface area contributed by atoms with Crippen LogP contribution in [-0.4, -0.2) is 36.7 Å². The summed E-state index contributed by atoms with van der Waals surface area (Å²) in [5, 5.41) is 2.82. The van der Waals surface area contributed by atoms with E-state index in [1.165, 1.54) is 16.4 Å². The molecule has 3 rings (SSSR count). The van der Waals surface area contributed by atoms with Crippen molar-refractivity contribution in [1.82, 2.24) is 14.6 Å². The molecule has 27 heavy (non-hydrogen) atoms. The van der Waals surface area contributed by atoms with Gasteiger partial charge in [0.2, 0.25) is 10.0 Å². The zero-order valence-electron chi connectivity index (χ0n) is 15.7. The van der Waals surface area contributed by atoms with Gasteiger partial charge < -0.3 is 5.32 Å². The highest BCUT2D eigenvalue weighted by atomic mass is 32.2. The van der Waals surface area contributed by atoms with E-state index in [0.717, 1.165) is 24.1 Å². The number of rotatable bonds is 5. The van der Waals surface area contributed by atoms with E-state index < -0.39 is 10.0 Å². The van der Waals surface area contributed by atoms with Crippen molar-refractivity contribution in [2.45, 2.75) is 38.1 Å². The SMILES string of the molecule is Cc1cccnc1CNC(=O)c1ccc(S(=O)(=O)N2CCC(C)CC2)cc1. The van der Waals surface area contributed by atoms with Crippen LogP contribution in [0.3, 0.4) is 0 Å². The number of hydrogen-bond acceptors (Lipinski definition) is 4. The maximum Gasteiger partial charge on any atom is 0.251 e. The Bertz CT molecular complexity index is 902. The first-order chi connectivity index (χ1) is 12.9. The number of nitrogens with zero attached hydrogens (tertiary/aromatic N) is 2. The Hall–Kier alpha value is -2.25. The number of pyridine rings is 1. The summed E-state index contributed by atoms with van der Waals surface area (Å²) < 4.78 is 27.0. The molecule has 0 unspecified atom stereocenters. The number of aryl methyl sites for hydroxylation is 1. The number of benzene rings is 1. The van der Waals surface area contributed by atoms with Gasteiger partial charge in [0.1, 0.15) is 0 Å². The summed E-state index contributed by atoms with van der Waals surface area (Å²) in [6.07, 6.45) is 3.45. The molecule has 1 aliphatic rings. The summed E-state index contributed by atoms with van der Waals surface area (Å²) in [7, 11) is -3.50. The minimum absolute atomic E-state index is 0.231. The fourth-order valence-corrected chi connectivity index (χ4v) is 4.59. The van der Waals surface area contributed by atoms with E-state index in [1.807, 2.05) is 19.1 Å². The van der Waals surface area contributed by atoms with Crippen LogP contribution in [0.2, 0.25) is 0 Å². The summed E-state index contributed by atoms with van der Waals surface area (Å²) in [6, 6.07) is 9.92. The zero-order chi connectivity index (χ0) is 19.4. The smallest absolute Gasteiger partial charge is 0.251 e. The molecule has 1 amide bonds. The van der Waals surface area contributed by atoms with Crippen molar-refractivity contribution < 1.29 is 13.2 Å². The van der Waals surface area contributed by atoms with Gasteiger partial charge in [-0.1, -0.05) is 13.0 Å². The lowest BCUT2D eigenvalue weighted by Gasteiger charge is -2.29. The van der Waals surface area contributed by atoms with Crippen LogP contribution in [0.5, 0.6) is 0 Å². The highest BCUT2D eigenvalue weighted by molar-refractivity contribution is 7.89. The van der Waals surface area contributed by atoms with E-state index in [-0.39, 0.29) is 10.8 Å². The number of hydrogen-bond donors (Lipinski definition) is 1. The minimum Gasteiger partial charge on any atom is -0.346 e. The summed E-state index contributed by atoms with van der Waals surface area (Å²) in [4.78, 5) is 16.8. The van der Waals surface area contributed by atoms with Crippen LogP contribution >= 0.6 is 0 Å². The molecule has 0 atom stereocenters. The van der Waals surface area contributed by atoms with E-state index >= 15 is 0 Å². The second kappa shape index (κ2) is 8.19. The van der Waals surface area contributed by atoms with Crippen molar-refractivity contribution in [2.75, 3.05) is 13.1 Å². The lowest BCUT2D eigenvalue weighted by Crippen LogP contribution is -2.37. The predicted molar refractivity (Wildman–Crippen MR) is 104 cm³/mol. The fourth-order valence-electron chi connectivity index (χ4n) is 3.12. The second-order valence-electron chi connectivity index (χ2n) is 7.06. The Morgan fingerprint density at radius 3 is 2.48 bits per heavy atom. The van der Waals surface area contributed by atoms with Crippen molar-refractivity contribution in [3.05, 3.63) is 59.4 Å². The lowest BCUT2D eigenvalue weighted by atomic mass is 10.0. The van der Waals surface area contributed by atoms with Gasteiger partial charge in [-0.05, 0) is 61.6 Å². The maximum absolute atomic E-state index is 12.7. The van der Waals surface area contributed by atoms with Gasteiger partial charge in [0, 0.05) is 24.8 Å². The third-order valence-corrected chi connectivity index (χ3v) is 6.94. The van der Waals surface area contributed by atoms with Gasteiger partial charge in [-0.2, -0.15) is 4.31 Å². The Morgan fingerprint density at radius 1 is 1.19 bits per heavy atom. The molecular formula is C20H25N3O3S. The van der Waals surface area contributed by atoms with Gasteiger partial charge in [0.25, 0.3) is 5.91 Å². The molecule has 1 saturated heterocycles. The van der Waals surface area contributed by atoms with Crippen LogP contribution in [0.15, 0.2) is 47.5 Å². The quantitative estimate of drug-likeness (QED) is 0.856. The second-order valence-corrected chi connectivity index (χ2v) is 9.00. The molecule has 6 nitrogen and oxygen atoms in total. The summed E-state index contributed by atoms with van der Waals surface area (Å²) in [5.74, 6) is 0.307. The first-order valence-electron chi connectivity index (χ1n) is 9.17. The van der Waals surface area contributed by atoms with Crippen molar-refractivity contribution >= 4 is 15.9 Å². The van der Waals surface area contributed by atoms with Crippen molar-refractivity contribution in [1.29, 1.82) is 0 Å². The van der Waals surface area contributed by atoms with Gasteiger partial charge in [-0.3, -0.25) is 9.78 Å². The Labute approximate surface area is 160 Å². The Morgan fingerprint density at radius 2 is 1.85 bits per heavy atom. The van der Waals surface area contributed by atoms with E-state index in [0.29, 0.717) is 31.1 Å². The largest absolute Gasteiger partial charge is 0.346 e. The zero-order valence-corrected chi connectivity index (χ0v) is 16.5. The Kier molecular flexibility index (Phi) is 5.92. The van der Waals surface area contributed by atoms with Gasteiger partial charge in [-0.25, -0.2) is 8.42 Å². The van der Waals surface area contributed by atoms with Crippen LogP contribution < -0.4 is 5.32 Å². The predicted octanol–water partition coefficient (Wildman–Crippen LogP) is 2.74. The molecule has 1 fully saturated rings. The van der Waals surface area contributed by atoms with Crippen molar-refractivity contribution in [2.24, 2.45) is 5.92 Å². The molecule has 0 spiro atoms. The number of piperidine rings is 1. The van der Waals surface area contributed by atoms with E-state index in [9.17, 15) is 13.2 Å². The first-order valence-corrected chi connectivity index (χ1v) is 10.6. The highest BCUT2D eigenvalue weighted by Crippen LogP contribution is 2.23. The molecule has 2 aromatic rings. The number of nitrogens with one attached hydrogen (secondary N) is 1. The highest BCUT2D eigenvalue weighted by Gasteiger charge is 2.28. The van der Waals surface area contributed by atoms with Gasteiger partial charge in [0.05, 0.1) is 17.1 Å². The van der Waals surface area contributed by atoms with Crippen molar-refractivity contribution in [3.63, 3.8) is 0 Å². The van der Waals surface area contributed by atoms with Gasteiger partial charge in [-0.15, -0.1) is 0 Å². The van der Waals surface area contributed by atoms with Crippen LogP contribution in [0.25, 0.3) is 0 Å². The molecule has 0 aliphatic carbocycles. The molecule has 1 aromatic carbocycles. The van der Waals surface area contributed by atoms with Crippen LogP contribution in [0.1, 0.15) is 41.4 Å². The Balaban J connectivity index is 1.66. The summed E-state index contributed by atoms with van der Waals surface area (Å²) in [5.41, 5.74) is 2.24. The van der Waals surface area contributed by atoms with Gasteiger partial charge >= 0.3 is 0 Å². The van der Waals surface area contributed by atoms with Crippen LogP contribution in [-0.2, 0) is 16.6 Å². The molecule has 1 N–H and O–H groups in total. The number of carbonyl (C=O) groups excluding carboxylic acids is 1. The van der Waals surface area contributed by atoms with Crippen molar-refractivity contribution in [3.8, 4) is 0 Å². The molecule has 0 saturated carbocycles. The molecule has 1 aromatic heterocycles. The lowest BCUT2D eigenvalue weighted by molar-refractivity contribution is 0.0950. The van der Waals surface area contributed by atoms with E-state index in [4.69, 9.17) is 0 Å². The molecule has 2 heterocycles. The third-order valence-electron chi connectivity index (χ3n) is 5.03. The first kappa shape index (κ1) is 19.5. The summed E-state index contributed by atoms with van der Waals surface area (Å²) >= 11 is 0. The third kappa shape index (κ3) is 4.54. The van der Waals surface area contributed by atoms with Crippen LogP contribution in [0.4, 0.5) is 0 Å². The average Bonchev–Trinajstić information content (AvgIpc) is 2.67. The molecule has 0 radical (unpaired) electrons. The standard InChI is InChI=1S/C20H25N3O3S/c1-15-9-12-23(13-10-15)27(25,26)18-7-5-17(6-8-18)20(24)22-14-19-16(2)4-3-11-21-19/h3-8,11,15H,9-10,12-14H2,1-2H3,(H,22,24). The summed E-state index contributed by atoms with van der Waals surface area (Å²) in [6.45, 7) is 5.52. The molecule has 1 aliphatic heterocycles. The maximum atomic E-state index is 12.7. The van der Waals surface area contributed by atoms with Crippen LogP contribution in [0, 0.1) is 12.8 Å². The monoisotopic (exact) mass is 387 g/mol. The number of amides is 1. The van der Waals surface area contributed by atoms with E-state index in [2.05, 4.69) is 17.2 Å². The van der Waals surface area contributed by atoms with Gasteiger partial charge in [0.15, 0.2) is 0 Å². The number of carbonyl (C=O) groups is 1. The molecule has 7 heteroatoms. The fraction of sp³-hybridized carbons (Fsp3) is 0.400.